The first kappa shape index (κ1) is 16.8. The van der Waals surface area contributed by atoms with E-state index in [1.54, 1.807) is 36.5 Å². The molecule has 0 aliphatic carbocycles. The van der Waals surface area contributed by atoms with Crippen molar-refractivity contribution < 1.29 is 13.9 Å². The number of nitrogens with zero attached hydrogens (tertiary/aromatic N) is 1. The molecule has 0 saturated heterocycles. The Bertz CT molecular complexity index is 855. The molecule has 0 radical (unpaired) electrons. The molecular formula is C17H10Cl3NO3. The van der Waals surface area contributed by atoms with Crippen molar-refractivity contribution in [2.75, 3.05) is 0 Å². The van der Waals surface area contributed by atoms with E-state index in [4.69, 9.17) is 44.0 Å². The van der Waals surface area contributed by atoms with Gasteiger partial charge in [-0.15, -0.1) is 0 Å². The summed E-state index contributed by atoms with van der Waals surface area (Å²) in [5.74, 6) is 0.168. The van der Waals surface area contributed by atoms with Gasteiger partial charge in [-0.25, -0.2) is 9.78 Å². The van der Waals surface area contributed by atoms with E-state index >= 15 is 0 Å². The van der Waals surface area contributed by atoms with Gasteiger partial charge in [-0.2, -0.15) is 0 Å². The van der Waals surface area contributed by atoms with E-state index in [2.05, 4.69) is 4.98 Å². The minimum atomic E-state index is -0.642. The summed E-state index contributed by atoms with van der Waals surface area (Å²) in [7, 11) is 0. The van der Waals surface area contributed by atoms with Crippen molar-refractivity contribution in [1.29, 1.82) is 0 Å². The summed E-state index contributed by atoms with van der Waals surface area (Å²) in [6.45, 7) is -0.131. The van der Waals surface area contributed by atoms with E-state index in [-0.39, 0.29) is 28.1 Å². The maximum atomic E-state index is 12.1. The zero-order chi connectivity index (χ0) is 17.1. The predicted octanol–water partition coefficient (Wildman–Crippen LogP) is 5.66. The number of ether oxygens (including phenoxy) is 1. The van der Waals surface area contributed by atoms with Crippen molar-refractivity contribution in [2.24, 2.45) is 0 Å². The summed E-state index contributed by atoms with van der Waals surface area (Å²) in [5.41, 5.74) is 0.934. The first-order valence-electron chi connectivity index (χ1n) is 6.86. The van der Waals surface area contributed by atoms with Gasteiger partial charge in [0.25, 0.3) is 0 Å². The number of halogens is 3. The Hall–Kier alpha value is -2.01. The topological polar surface area (TPSA) is 52.3 Å². The fraction of sp³-hybridized carbons (Fsp3) is 0.0588. The number of esters is 1. The lowest BCUT2D eigenvalue weighted by Crippen LogP contribution is -2.06. The van der Waals surface area contributed by atoms with E-state index in [1.807, 2.05) is 12.1 Å². The van der Waals surface area contributed by atoms with E-state index < -0.39 is 5.97 Å². The molecule has 0 saturated carbocycles. The largest absolute Gasteiger partial charge is 0.452 e. The molecule has 4 nitrogen and oxygen atoms in total. The number of carbonyl (C=O) groups excluding carboxylic acids is 1. The van der Waals surface area contributed by atoms with Crippen LogP contribution in [0.5, 0.6) is 0 Å². The monoisotopic (exact) mass is 381 g/mol. The molecule has 0 bridgehead atoms. The van der Waals surface area contributed by atoms with Crippen molar-refractivity contribution in [2.45, 2.75) is 6.61 Å². The molecule has 1 aromatic heterocycles. The molecule has 0 spiro atoms. The summed E-state index contributed by atoms with van der Waals surface area (Å²) in [6.07, 6.45) is 1.55. The number of carbonyl (C=O) groups is 1. The van der Waals surface area contributed by atoms with Gasteiger partial charge >= 0.3 is 5.97 Å². The average Bonchev–Trinajstić information content (AvgIpc) is 3.02. The van der Waals surface area contributed by atoms with E-state index in [9.17, 15) is 4.79 Å². The van der Waals surface area contributed by atoms with Gasteiger partial charge < -0.3 is 9.15 Å². The minimum absolute atomic E-state index is 0.116. The van der Waals surface area contributed by atoms with Crippen LogP contribution in [0.3, 0.4) is 0 Å². The first-order valence-corrected chi connectivity index (χ1v) is 8.00. The van der Waals surface area contributed by atoms with Gasteiger partial charge in [-0.1, -0.05) is 40.9 Å². The molecule has 1 heterocycles. The molecule has 0 unspecified atom stereocenters. The molecule has 0 N–H and O–H groups in total. The number of benzene rings is 2. The Labute approximate surface area is 152 Å². The number of hydrogen-bond acceptors (Lipinski definition) is 4. The third kappa shape index (κ3) is 3.73. The highest BCUT2D eigenvalue weighted by Crippen LogP contribution is 2.26. The van der Waals surface area contributed by atoms with Crippen LogP contribution in [-0.4, -0.2) is 11.0 Å². The van der Waals surface area contributed by atoms with Crippen LogP contribution in [0.25, 0.3) is 11.3 Å². The minimum Gasteiger partial charge on any atom is -0.452 e. The molecule has 3 rings (SSSR count). The van der Waals surface area contributed by atoms with Crippen LogP contribution in [0.1, 0.15) is 16.2 Å². The summed E-state index contributed by atoms with van der Waals surface area (Å²) in [6, 6.07) is 11.9. The lowest BCUT2D eigenvalue weighted by atomic mass is 10.2. The average molecular weight is 383 g/mol. The number of aromatic nitrogens is 1. The van der Waals surface area contributed by atoms with Gasteiger partial charge in [0.05, 0.1) is 21.8 Å². The lowest BCUT2D eigenvalue weighted by Gasteiger charge is -2.06. The highest BCUT2D eigenvalue weighted by molar-refractivity contribution is 6.39. The van der Waals surface area contributed by atoms with E-state index in [0.29, 0.717) is 10.8 Å². The number of hydrogen-bond donors (Lipinski definition) is 0. The number of oxazole rings is 1. The normalized spacial score (nSPS) is 10.6. The fourth-order valence-electron chi connectivity index (χ4n) is 2.02. The zero-order valence-electron chi connectivity index (χ0n) is 12.1. The van der Waals surface area contributed by atoms with Gasteiger partial charge in [0.1, 0.15) is 0 Å². The Morgan fingerprint density at radius 3 is 2.38 bits per heavy atom. The molecular weight excluding hydrogens is 373 g/mol. The molecule has 7 heteroatoms. The van der Waals surface area contributed by atoms with Crippen LogP contribution >= 0.6 is 34.8 Å². The number of rotatable bonds is 4. The summed E-state index contributed by atoms with van der Waals surface area (Å²) in [5, 5.41) is 1.08. The van der Waals surface area contributed by atoms with Crippen molar-refractivity contribution >= 4 is 40.8 Å². The van der Waals surface area contributed by atoms with Gasteiger partial charge in [0, 0.05) is 10.6 Å². The molecule has 24 heavy (non-hydrogen) atoms. The molecule has 2 aromatic carbocycles. The Morgan fingerprint density at radius 1 is 1.04 bits per heavy atom. The van der Waals surface area contributed by atoms with Crippen molar-refractivity contribution in [3.63, 3.8) is 0 Å². The smallest absolute Gasteiger partial charge is 0.341 e. The van der Waals surface area contributed by atoms with Gasteiger partial charge in [-0.05, 0) is 36.4 Å². The van der Waals surface area contributed by atoms with E-state index in [1.165, 1.54) is 0 Å². The standard InChI is InChI=1S/C17H10Cl3NO3/c18-11-6-4-10(5-7-11)14-8-21-15(24-14)9-23-17(22)16-12(19)2-1-3-13(16)20/h1-8H,9H2. The Kier molecular flexibility index (Phi) is 5.09. The van der Waals surface area contributed by atoms with Crippen LogP contribution in [0.4, 0.5) is 0 Å². The predicted molar refractivity (Wildman–Crippen MR) is 92.5 cm³/mol. The maximum absolute atomic E-state index is 12.1. The molecule has 3 aromatic rings. The quantitative estimate of drug-likeness (QED) is 0.546. The third-order valence-electron chi connectivity index (χ3n) is 3.18. The Morgan fingerprint density at radius 2 is 1.71 bits per heavy atom. The molecule has 0 atom stereocenters. The van der Waals surface area contributed by atoms with Gasteiger partial charge in [0.2, 0.25) is 5.89 Å². The van der Waals surface area contributed by atoms with Crippen LogP contribution in [0.15, 0.2) is 53.1 Å². The molecule has 0 aliphatic heterocycles. The molecule has 0 fully saturated rings. The van der Waals surface area contributed by atoms with Crippen molar-refractivity contribution in [3.8, 4) is 11.3 Å². The fourth-order valence-corrected chi connectivity index (χ4v) is 2.69. The zero-order valence-corrected chi connectivity index (χ0v) is 14.4. The van der Waals surface area contributed by atoms with Crippen LogP contribution in [-0.2, 0) is 11.3 Å². The first-order chi connectivity index (χ1) is 11.5. The van der Waals surface area contributed by atoms with Crippen LogP contribution in [0, 0.1) is 0 Å². The molecule has 0 aliphatic rings. The van der Waals surface area contributed by atoms with Gasteiger partial charge in [-0.3, -0.25) is 0 Å². The second-order valence-electron chi connectivity index (χ2n) is 4.80. The maximum Gasteiger partial charge on any atom is 0.341 e. The van der Waals surface area contributed by atoms with E-state index in [0.717, 1.165) is 5.56 Å². The van der Waals surface area contributed by atoms with Crippen LogP contribution < -0.4 is 0 Å². The highest BCUT2D eigenvalue weighted by Gasteiger charge is 2.17. The molecule has 122 valence electrons. The van der Waals surface area contributed by atoms with Crippen molar-refractivity contribution in [1.82, 2.24) is 4.98 Å². The second-order valence-corrected chi connectivity index (χ2v) is 6.05. The lowest BCUT2D eigenvalue weighted by molar-refractivity contribution is 0.0439. The van der Waals surface area contributed by atoms with Gasteiger partial charge in [0.15, 0.2) is 12.4 Å². The second kappa shape index (κ2) is 7.26. The summed E-state index contributed by atoms with van der Waals surface area (Å²) in [4.78, 5) is 16.2. The third-order valence-corrected chi connectivity index (χ3v) is 4.06. The van der Waals surface area contributed by atoms with Crippen molar-refractivity contribution in [3.05, 3.63) is 75.2 Å². The highest BCUT2D eigenvalue weighted by atomic mass is 35.5. The Balaban J connectivity index is 1.69. The summed E-state index contributed by atoms with van der Waals surface area (Å²) < 4.78 is 10.7. The van der Waals surface area contributed by atoms with Crippen LogP contribution in [0.2, 0.25) is 15.1 Å². The SMILES string of the molecule is O=C(OCc1ncc(-c2ccc(Cl)cc2)o1)c1c(Cl)cccc1Cl. The summed E-state index contributed by atoms with van der Waals surface area (Å²) >= 11 is 17.8. The molecule has 0 amide bonds.